The third-order valence-corrected chi connectivity index (χ3v) is 7.43. The molecule has 4 rings (SSSR count). The van der Waals surface area contributed by atoms with E-state index in [0.29, 0.717) is 11.7 Å². The molecule has 33 heavy (non-hydrogen) atoms. The number of para-hydroxylation sites is 1. The molecule has 0 amide bonds. The van der Waals surface area contributed by atoms with E-state index in [4.69, 9.17) is 14.6 Å². The molecule has 1 unspecified atom stereocenters. The van der Waals surface area contributed by atoms with Gasteiger partial charge in [0.15, 0.2) is 10.2 Å². The van der Waals surface area contributed by atoms with Gasteiger partial charge in [-0.25, -0.2) is 9.78 Å². The fourth-order valence-corrected chi connectivity index (χ4v) is 5.73. The van der Waals surface area contributed by atoms with Crippen molar-refractivity contribution in [2.24, 2.45) is 0 Å². The number of methoxy groups -OCH3 is 1. The van der Waals surface area contributed by atoms with Crippen LogP contribution in [0.25, 0.3) is 0 Å². The van der Waals surface area contributed by atoms with E-state index >= 15 is 0 Å². The van der Waals surface area contributed by atoms with Crippen LogP contribution in [0.3, 0.4) is 0 Å². The predicted octanol–water partition coefficient (Wildman–Crippen LogP) is 3.70. The maximum absolute atomic E-state index is 12.9. The van der Waals surface area contributed by atoms with Crippen LogP contribution >= 0.6 is 11.3 Å². The molecule has 0 aliphatic carbocycles. The number of hydrogen-bond acceptors (Lipinski definition) is 8. The summed E-state index contributed by atoms with van der Waals surface area (Å²) in [4.78, 5) is 17.5. The van der Waals surface area contributed by atoms with Gasteiger partial charge in [-0.3, -0.25) is 4.72 Å². The molecule has 1 saturated heterocycles. The number of piperidine rings is 1. The third-order valence-electron chi connectivity index (χ3n) is 5.13. The van der Waals surface area contributed by atoms with Gasteiger partial charge in [-0.05, 0) is 43.2 Å². The van der Waals surface area contributed by atoms with Crippen LogP contribution in [0, 0.1) is 0 Å². The van der Waals surface area contributed by atoms with Crippen molar-refractivity contribution in [3.05, 3.63) is 59.5 Å². The van der Waals surface area contributed by atoms with Gasteiger partial charge in [0.2, 0.25) is 0 Å². The zero-order valence-electron chi connectivity index (χ0n) is 17.8. The van der Waals surface area contributed by atoms with E-state index in [2.05, 4.69) is 9.71 Å². The lowest BCUT2D eigenvalue weighted by molar-refractivity contribution is 0.0696. The first-order chi connectivity index (χ1) is 15.9. The highest BCUT2D eigenvalue weighted by Gasteiger charge is 2.26. The standard InChI is InChI=1S/C22H23N3O6S2/c1-30-19-12-15(21(26)27)9-10-18(19)24-33(28,29)20-14-32-22(23-20)25-11-5-8-17(13-25)31-16-6-3-2-4-7-16/h2-4,6-7,9-10,12,14,17,24H,5,8,11,13H2,1H3,(H,26,27). The van der Waals surface area contributed by atoms with Crippen molar-refractivity contribution in [2.75, 3.05) is 29.8 Å². The van der Waals surface area contributed by atoms with Gasteiger partial charge in [0.05, 0.1) is 24.9 Å². The number of aromatic carboxylic acids is 1. The van der Waals surface area contributed by atoms with E-state index in [-0.39, 0.29) is 28.1 Å². The summed E-state index contributed by atoms with van der Waals surface area (Å²) in [5, 5.41) is 11.1. The van der Waals surface area contributed by atoms with Gasteiger partial charge in [-0.1, -0.05) is 18.2 Å². The summed E-state index contributed by atoms with van der Waals surface area (Å²) >= 11 is 1.25. The number of hydrogen-bond donors (Lipinski definition) is 2. The van der Waals surface area contributed by atoms with Crippen molar-refractivity contribution >= 4 is 38.1 Å². The zero-order chi connectivity index (χ0) is 23.4. The number of benzene rings is 2. The van der Waals surface area contributed by atoms with Gasteiger partial charge < -0.3 is 19.5 Å². The Hall–Kier alpha value is -3.31. The molecule has 1 aromatic heterocycles. The number of carboxylic acid groups (broad SMARTS) is 1. The molecule has 1 aliphatic rings. The minimum absolute atomic E-state index is 0.0110. The topological polar surface area (TPSA) is 118 Å². The maximum Gasteiger partial charge on any atom is 0.335 e. The minimum atomic E-state index is -3.99. The normalized spacial score (nSPS) is 16.3. The molecule has 9 nitrogen and oxygen atoms in total. The molecule has 0 spiro atoms. The van der Waals surface area contributed by atoms with Crippen molar-refractivity contribution < 1.29 is 27.8 Å². The summed E-state index contributed by atoms with van der Waals surface area (Å²) < 4.78 is 39.5. The van der Waals surface area contributed by atoms with Crippen LogP contribution in [-0.4, -0.2) is 50.8 Å². The van der Waals surface area contributed by atoms with Crippen molar-refractivity contribution in [2.45, 2.75) is 24.0 Å². The molecular weight excluding hydrogens is 466 g/mol. The van der Waals surface area contributed by atoms with Crippen LogP contribution in [0.15, 0.2) is 58.9 Å². The predicted molar refractivity (Wildman–Crippen MR) is 125 cm³/mol. The largest absolute Gasteiger partial charge is 0.495 e. The molecule has 1 atom stereocenters. The third kappa shape index (κ3) is 5.37. The SMILES string of the molecule is COc1cc(C(=O)O)ccc1NS(=O)(=O)c1csc(N2CCCC(Oc3ccccc3)C2)n1. The van der Waals surface area contributed by atoms with E-state index in [1.807, 2.05) is 35.2 Å². The quantitative estimate of drug-likeness (QED) is 0.492. The summed E-state index contributed by atoms with van der Waals surface area (Å²) in [7, 11) is -2.66. The summed E-state index contributed by atoms with van der Waals surface area (Å²) in [6.45, 7) is 1.37. The summed E-state index contributed by atoms with van der Waals surface area (Å²) in [5.74, 6) is -0.229. The van der Waals surface area contributed by atoms with Gasteiger partial charge in [0.1, 0.15) is 17.6 Å². The van der Waals surface area contributed by atoms with E-state index < -0.39 is 16.0 Å². The van der Waals surface area contributed by atoms with Gasteiger partial charge in [0.25, 0.3) is 10.0 Å². The number of nitrogens with one attached hydrogen (secondary N) is 1. The number of carbonyl (C=O) groups is 1. The molecule has 1 fully saturated rings. The molecule has 2 heterocycles. The molecule has 2 N–H and O–H groups in total. The Kier molecular flexibility index (Phi) is 6.70. The number of ether oxygens (including phenoxy) is 2. The van der Waals surface area contributed by atoms with Crippen LogP contribution in [0.2, 0.25) is 0 Å². The van der Waals surface area contributed by atoms with E-state index in [0.717, 1.165) is 25.1 Å². The van der Waals surface area contributed by atoms with Crippen molar-refractivity contribution in [1.29, 1.82) is 0 Å². The second-order valence-corrected chi connectivity index (χ2v) is 9.90. The Morgan fingerprint density at radius 2 is 2.03 bits per heavy atom. The number of thiazole rings is 1. The van der Waals surface area contributed by atoms with Crippen LogP contribution in [0.1, 0.15) is 23.2 Å². The van der Waals surface area contributed by atoms with E-state index in [9.17, 15) is 13.2 Å². The summed E-state index contributed by atoms with van der Waals surface area (Å²) in [6, 6.07) is 13.5. The number of aromatic nitrogens is 1. The number of nitrogens with zero attached hydrogens (tertiary/aromatic N) is 2. The summed E-state index contributed by atoms with van der Waals surface area (Å²) in [5.41, 5.74) is 0.120. The fraction of sp³-hybridized carbons (Fsp3) is 0.273. The zero-order valence-corrected chi connectivity index (χ0v) is 19.4. The van der Waals surface area contributed by atoms with Crippen LogP contribution < -0.4 is 19.1 Å². The van der Waals surface area contributed by atoms with Crippen LogP contribution in [0.4, 0.5) is 10.8 Å². The molecule has 0 radical (unpaired) electrons. The first kappa shape index (κ1) is 22.9. The van der Waals surface area contributed by atoms with Crippen molar-refractivity contribution in [3.8, 4) is 11.5 Å². The second-order valence-electron chi connectivity index (χ2n) is 7.44. The molecule has 0 bridgehead atoms. The lowest BCUT2D eigenvalue weighted by atomic mass is 10.1. The van der Waals surface area contributed by atoms with E-state index in [1.165, 1.54) is 42.0 Å². The highest BCUT2D eigenvalue weighted by molar-refractivity contribution is 7.92. The van der Waals surface area contributed by atoms with Crippen molar-refractivity contribution in [1.82, 2.24) is 4.98 Å². The van der Waals surface area contributed by atoms with Gasteiger partial charge in [-0.2, -0.15) is 8.42 Å². The molecule has 0 saturated carbocycles. The summed E-state index contributed by atoms with van der Waals surface area (Å²) in [6.07, 6.45) is 1.81. The average molecular weight is 490 g/mol. The maximum atomic E-state index is 12.9. The van der Waals surface area contributed by atoms with Gasteiger partial charge in [-0.15, -0.1) is 11.3 Å². The lowest BCUT2D eigenvalue weighted by Gasteiger charge is -2.32. The van der Waals surface area contributed by atoms with Gasteiger partial charge >= 0.3 is 5.97 Å². The molecule has 174 valence electrons. The van der Waals surface area contributed by atoms with Crippen molar-refractivity contribution in [3.63, 3.8) is 0 Å². The Bertz CT molecular complexity index is 1230. The van der Waals surface area contributed by atoms with Crippen LogP contribution in [-0.2, 0) is 10.0 Å². The van der Waals surface area contributed by atoms with E-state index in [1.54, 1.807) is 0 Å². The number of rotatable bonds is 8. The Morgan fingerprint density at radius 1 is 1.24 bits per heavy atom. The first-order valence-corrected chi connectivity index (χ1v) is 12.6. The second kappa shape index (κ2) is 9.67. The molecule has 11 heteroatoms. The van der Waals surface area contributed by atoms with Gasteiger partial charge in [0, 0.05) is 11.9 Å². The fourth-order valence-electron chi connectivity index (χ4n) is 3.52. The highest BCUT2D eigenvalue weighted by Crippen LogP contribution is 2.31. The highest BCUT2D eigenvalue weighted by atomic mass is 32.2. The Labute approximate surface area is 195 Å². The lowest BCUT2D eigenvalue weighted by Crippen LogP contribution is -2.41. The smallest absolute Gasteiger partial charge is 0.335 e. The molecular formula is C22H23N3O6S2. The average Bonchev–Trinajstić information content (AvgIpc) is 3.31. The molecule has 2 aromatic carbocycles. The number of sulfonamides is 1. The number of carboxylic acids is 1. The van der Waals surface area contributed by atoms with Crippen LogP contribution in [0.5, 0.6) is 11.5 Å². The molecule has 3 aromatic rings. The number of anilines is 2. The monoisotopic (exact) mass is 489 g/mol. The first-order valence-electron chi connectivity index (χ1n) is 10.2. The minimum Gasteiger partial charge on any atom is -0.495 e. The Balaban J connectivity index is 1.47. The Morgan fingerprint density at radius 3 is 2.76 bits per heavy atom. The molecule has 1 aliphatic heterocycles.